The molecule has 3 aromatic carbocycles. The highest BCUT2D eigenvalue weighted by Gasteiger charge is 2.39. The zero-order valence-electron chi connectivity index (χ0n) is 17.4. The van der Waals surface area contributed by atoms with Gasteiger partial charge in [0.1, 0.15) is 5.75 Å². The van der Waals surface area contributed by atoms with Crippen molar-refractivity contribution in [2.45, 2.75) is 12.7 Å². The lowest BCUT2D eigenvalue weighted by Crippen LogP contribution is -2.38. The quantitative estimate of drug-likeness (QED) is 0.574. The number of amides is 2. The number of benzene rings is 3. The normalized spacial score (nSPS) is 13.1. The van der Waals surface area contributed by atoms with Crippen LogP contribution in [-0.4, -0.2) is 35.7 Å². The van der Waals surface area contributed by atoms with E-state index in [-0.39, 0.29) is 36.1 Å². The Morgan fingerprint density at radius 2 is 1.74 bits per heavy atom. The Labute approximate surface area is 191 Å². The smallest absolute Gasteiger partial charge is 0.471 e. The molecule has 3 aromatic rings. The van der Waals surface area contributed by atoms with Gasteiger partial charge < -0.3 is 20.1 Å². The topological polar surface area (TPSA) is 95.9 Å². The van der Waals surface area contributed by atoms with Crippen LogP contribution in [0.4, 0.5) is 24.5 Å². The van der Waals surface area contributed by atoms with Gasteiger partial charge in [-0.2, -0.15) is 13.2 Å². The number of anilines is 2. The van der Waals surface area contributed by atoms with Crippen LogP contribution >= 0.6 is 0 Å². The lowest BCUT2D eigenvalue weighted by atomic mass is 9.98. The van der Waals surface area contributed by atoms with Crippen molar-refractivity contribution in [2.24, 2.45) is 0 Å². The summed E-state index contributed by atoms with van der Waals surface area (Å²) < 4.78 is 42.9. The second kappa shape index (κ2) is 8.89. The van der Waals surface area contributed by atoms with Crippen molar-refractivity contribution in [2.75, 3.05) is 16.8 Å². The molecule has 0 unspecified atom stereocenters. The fourth-order valence-electron chi connectivity index (χ4n) is 3.55. The monoisotopic (exact) mass is 470 g/mol. The van der Waals surface area contributed by atoms with Gasteiger partial charge in [0.05, 0.1) is 17.8 Å². The van der Waals surface area contributed by atoms with Gasteiger partial charge in [-0.25, -0.2) is 4.79 Å². The molecule has 2 amide bonds. The molecule has 4 rings (SSSR count). The molecule has 0 atom stereocenters. The van der Waals surface area contributed by atoms with Crippen LogP contribution in [0.1, 0.15) is 15.9 Å². The molecule has 0 saturated heterocycles. The molecule has 0 saturated carbocycles. The molecule has 1 heterocycles. The van der Waals surface area contributed by atoms with Crippen molar-refractivity contribution < 1.29 is 37.4 Å². The third-order valence-electron chi connectivity index (χ3n) is 5.18. The fraction of sp³-hybridized carbons (Fsp3) is 0.125. The Hall–Kier alpha value is -4.34. The molecule has 10 heteroatoms. The standard InChI is InChI=1S/C24H17F3N2O5/c25-24(26,27)23(33)28-16-9-10-19-20(11-16)34-13-21(30)29(19)12-14-5-7-15(8-6-14)17-3-1-2-4-18(17)22(31)32/h1-11H,12-13H2,(H,28,33)(H,31,32). The predicted octanol–water partition coefficient (Wildman–Crippen LogP) is 4.48. The van der Waals surface area contributed by atoms with E-state index < -0.39 is 18.1 Å². The number of alkyl halides is 3. The maximum atomic E-state index is 12.5. The highest BCUT2D eigenvalue weighted by molar-refractivity contribution is 6.00. The van der Waals surface area contributed by atoms with E-state index in [1.807, 2.05) is 0 Å². The second-order valence-corrected chi connectivity index (χ2v) is 7.45. The minimum absolute atomic E-state index is 0.114. The van der Waals surface area contributed by atoms with E-state index in [2.05, 4.69) is 0 Å². The zero-order valence-corrected chi connectivity index (χ0v) is 17.4. The first kappa shape index (κ1) is 22.8. The van der Waals surface area contributed by atoms with Gasteiger partial charge in [-0.05, 0) is 34.9 Å². The van der Waals surface area contributed by atoms with Gasteiger partial charge in [-0.1, -0.05) is 42.5 Å². The summed E-state index contributed by atoms with van der Waals surface area (Å²) in [5.41, 5.74) is 2.40. The van der Waals surface area contributed by atoms with Crippen LogP contribution in [-0.2, 0) is 16.1 Å². The number of fused-ring (bicyclic) bond motifs is 1. The van der Waals surface area contributed by atoms with Gasteiger partial charge in [-0.15, -0.1) is 0 Å². The van der Waals surface area contributed by atoms with E-state index in [9.17, 15) is 32.7 Å². The first-order valence-electron chi connectivity index (χ1n) is 10.0. The van der Waals surface area contributed by atoms with Crippen LogP contribution in [0.2, 0.25) is 0 Å². The van der Waals surface area contributed by atoms with Crippen molar-refractivity contribution in [1.29, 1.82) is 0 Å². The second-order valence-electron chi connectivity index (χ2n) is 7.45. The molecule has 174 valence electrons. The Morgan fingerprint density at radius 1 is 1.03 bits per heavy atom. The average molecular weight is 470 g/mol. The van der Waals surface area contributed by atoms with Crippen molar-refractivity contribution in [3.8, 4) is 16.9 Å². The lowest BCUT2D eigenvalue weighted by Gasteiger charge is -2.30. The molecule has 0 radical (unpaired) electrons. The van der Waals surface area contributed by atoms with Gasteiger partial charge in [0.15, 0.2) is 6.61 Å². The third kappa shape index (κ3) is 4.70. The van der Waals surface area contributed by atoms with Crippen molar-refractivity contribution in [3.05, 3.63) is 77.9 Å². The summed E-state index contributed by atoms with van der Waals surface area (Å²) in [6, 6.07) is 17.5. The summed E-state index contributed by atoms with van der Waals surface area (Å²) in [6.07, 6.45) is -5.03. The molecular weight excluding hydrogens is 453 g/mol. The molecule has 34 heavy (non-hydrogen) atoms. The van der Waals surface area contributed by atoms with Gasteiger partial charge >= 0.3 is 18.1 Å². The maximum absolute atomic E-state index is 12.5. The van der Waals surface area contributed by atoms with Crippen LogP contribution in [0, 0.1) is 0 Å². The number of aromatic carboxylic acids is 1. The Morgan fingerprint density at radius 3 is 2.41 bits per heavy atom. The van der Waals surface area contributed by atoms with Crippen molar-refractivity contribution >= 4 is 29.2 Å². The molecule has 0 spiro atoms. The van der Waals surface area contributed by atoms with Crippen LogP contribution in [0.25, 0.3) is 11.1 Å². The first-order chi connectivity index (χ1) is 16.1. The highest BCUT2D eigenvalue weighted by Crippen LogP contribution is 2.36. The predicted molar refractivity (Wildman–Crippen MR) is 117 cm³/mol. The number of hydrogen-bond acceptors (Lipinski definition) is 4. The number of carbonyl (C=O) groups excluding carboxylic acids is 2. The molecule has 0 fully saturated rings. The summed E-state index contributed by atoms with van der Waals surface area (Å²) in [5.74, 6) is -3.34. The zero-order chi connectivity index (χ0) is 24.5. The first-order valence-corrected chi connectivity index (χ1v) is 10.0. The van der Waals surface area contributed by atoms with E-state index in [1.165, 1.54) is 29.2 Å². The number of carboxylic acids is 1. The summed E-state index contributed by atoms with van der Waals surface area (Å²) in [6.45, 7) is -0.155. The summed E-state index contributed by atoms with van der Waals surface area (Å²) in [4.78, 5) is 36.6. The van der Waals surface area contributed by atoms with Gasteiger partial charge in [0, 0.05) is 11.8 Å². The Kier molecular flexibility index (Phi) is 5.97. The average Bonchev–Trinajstić information content (AvgIpc) is 2.80. The largest absolute Gasteiger partial charge is 0.481 e. The lowest BCUT2D eigenvalue weighted by molar-refractivity contribution is -0.167. The van der Waals surface area contributed by atoms with Gasteiger partial charge in [-0.3, -0.25) is 9.59 Å². The minimum Gasteiger partial charge on any atom is -0.481 e. The van der Waals surface area contributed by atoms with Gasteiger partial charge in [0.2, 0.25) is 0 Å². The van der Waals surface area contributed by atoms with Crippen LogP contribution < -0.4 is 15.0 Å². The van der Waals surface area contributed by atoms with Crippen molar-refractivity contribution in [3.63, 3.8) is 0 Å². The highest BCUT2D eigenvalue weighted by atomic mass is 19.4. The number of halogens is 3. The maximum Gasteiger partial charge on any atom is 0.471 e. The fourth-order valence-corrected chi connectivity index (χ4v) is 3.55. The SMILES string of the molecule is O=C(O)c1ccccc1-c1ccc(CN2C(=O)COc3cc(NC(=O)C(F)(F)F)ccc32)cc1. The van der Waals surface area contributed by atoms with Crippen LogP contribution in [0.5, 0.6) is 5.75 Å². The molecular formula is C24H17F3N2O5. The number of carboxylic acid groups (broad SMARTS) is 1. The summed E-state index contributed by atoms with van der Waals surface area (Å²) in [5, 5.41) is 11.1. The number of ether oxygens (including phenoxy) is 1. The molecule has 1 aliphatic rings. The van der Waals surface area contributed by atoms with E-state index in [1.54, 1.807) is 47.8 Å². The van der Waals surface area contributed by atoms with Crippen LogP contribution in [0.15, 0.2) is 66.7 Å². The molecule has 1 aliphatic heterocycles. The number of carbonyl (C=O) groups is 3. The van der Waals surface area contributed by atoms with E-state index in [0.717, 1.165) is 5.56 Å². The van der Waals surface area contributed by atoms with E-state index >= 15 is 0 Å². The number of nitrogens with one attached hydrogen (secondary N) is 1. The van der Waals surface area contributed by atoms with Gasteiger partial charge in [0.25, 0.3) is 5.91 Å². The molecule has 2 N–H and O–H groups in total. The Balaban J connectivity index is 1.55. The molecule has 0 aromatic heterocycles. The molecule has 0 bridgehead atoms. The molecule has 0 aliphatic carbocycles. The number of hydrogen-bond donors (Lipinski definition) is 2. The third-order valence-corrected chi connectivity index (χ3v) is 5.18. The van der Waals surface area contributed by atoms with E-state index in [0.29, 0.717) is 16.8 Å². The summed E-state index contributed by atoms with van der Waals surface area (Å²) in [7, 11) is 0. The number of rotatable bonds is 5. The summed E-state index contributed by atoms with van der Waals surface area (Å²) >= 11 is 0. The van der Waals surface area contributed by atoms with Crippen molar-refractivity contribution in [1.82, 2.24) is 0 Å². The minimum atomic E-state index is -5.03. The Bertz CT molecular complexity index is 1270. The van der Waals surface area contributed by atoms with Crippen LogP contribution in [0.3, 0.4) is 0 Å². The number of nitrogens with zero attached hydrogens (tertiary/aromatic N) is 1. The molecule has 7 nitrogen and oxygen atoms in total. The van der Waals surface area contributed by atoms with E-state index in [4.69, 9.17) is 4.74 Å².